The van der Waals surface area contributed by atoms with Crippen molar-refractivity contribution in [2.24, 2.45) is 0 Å². The van der Waals surface area contributed by atoms with Gasteiger partial charge in [-0.2, -0.15) is 0 Å². The van der Waals surface area contributed by atoms with E-state index in [9.17, 15) is 0 Å². The van der Waals surface area contributed by atoms with Gasteiger partial charge in [-0.1, -0.05) is 190 Å². The average molecular weight is 627 g/mol. The van der Waals surface area contributed by atoms with E-state index in [4.69, 9.17) is 0 Å². The van der Waals surface area contributed by atoms with Gasteiger partial charge in [0.15, 0.2) is 0 Å². The van der Waals surface area contributed by atoms with Crippen molar-refractivity contribution in [3.8, 4) is 0 Å². The molecule has 0 fully saturated rings. The van der Waals surface area contributed by atoms with Crippen molar-refractivity contribution >= 4 is 0 Å². The highest BCUT2D eigenvalue weighted by molar-refractivity contribution is 5.41. The monoisotopic (exact) mass is 626 g/mol. The van der Waals surface area contributed by atoms with Crippen LogP contribution in [0.25, 0.3) is 0 Å². The third-order valence-corrected chi connectivity index (χ3v) is 10.1. The van der Waals surface area contributed by atoms with Gasteiger partial charge in [0.1, 0.15) is 0 Å². The van der Waals surface area contributed by atoms with Crippen molar-refractivity contribution in [2.45, 2.75) is 149 Å². The fourth-order valence-corrected chi connectivity index (χ4v) is 7.01. The molecular weight excluding hydrogens is 565 g/mol. The van der Waals surface area contributed by atoms with Crippen LogP contribution in [0.2, 0.25) is 0 Å². The lowest BCUT2D eigenvalue weighted by molar-refractivity contribution is 0.589. The largest absolute Gasteiger partial charge is 0.0654 e. The minimum absolute atomic E-state index is 0.324. The summed E-state index contributed by atoms with van der Waals surface area (Å²) in [6.07, 6.45) is 22.1. The number of unbranched alkanes of at least 4 members (excludes halogenated alkanes) is 12. The molecule has 0 nitrogen and oxygen atoms in total. The molecule has 0 aliphatic carbocycles. The topological polar surface area (TPSA) is 0 Å². The molecule has 250 valence electrons. The zero-order valence-electron chi connectivity index (χ0n) is 30.3. The van der Waals surface area contributed by atoms with Crippen molar-refractivity contribution in [1.82, 2.24) is 0 Å². The maximum atomic E-state index is 3.91. The molecule has 0 spiro atoms. The van der Waals surface area contributed by atoms with Crippen LogP contribution in [0.4, 0.5) is 0 Å². The van der Waals surface area contributed by atoms with Crippen LogP contribution in [0, 0.1) is 12.1 Å². The molecule has 0 saturated carbocycles. The lowest BCUT2D eigenvalue weighted by Gasteiger charge is -2.18. The lowest BCUT2D eigenvalue weighted by atomic mass is 9.86. The molecule has 0 heteroatoms. The summed E-state index contributed by atoms with van der Waals surface area (Å²) in [7, 11) is 0. The van der Waals surface area contributed by atoms with Gasteiger partial charge in [0.05, 0.1) is 0 Å². The first-order valence-electron chi connectivity index (χ1n) is 19.3. The van der Waals surface area contributed by atoms with E-state index in [1.807, 2.05) is 0 Å². The maximum absolute atomic E-state index is 3.91. The Labute approximate surface area is 289 Å². The summed E-state index contributed by atoms with van der Waals surface area (Å²) in [6.45, 7) is 9.29. The van der Waals surface area contributed by atoms with Crippen LogP contribution in [-0.4, -0.2) is 0 Å². The van der Waals surface area contributed by atoms with Crippen LogP contribution in [0.15, 0.2) is 84.9 Å². The Morgan fingerprint density at radius 2 is 0.809 bits per heavy atom. The van der Waals surface area contributed by atoms with Crippen molar-refractivity contribution in [3.63, 3.8) is 0 Å². The van der Waals surface area contributed by atoms with Gasteiger partial charge in [0.25, 0.3) is 0 Å². The Hall–Kier alpha value is -3.12. The molecule has 2 unspecified atom stereocenters. The smallest absolute Gasteiger partial charge is 0.00673 e. The van der Waals surface area contributed by atoms with Crippen molar-refractivity contribution in [3.05, 3.63) is 142 Å². The van der Waals surface area contributed by atoms with E-state index >= 15 is 0 Å². The summed E-state index contributed by atoms with van der Waals surface area (Å²) in [4.78, 5) is 0. The molecule has 0 aliphatic heterocycles. The second kappa shape index (κ2) is 21.0. The zero-order chi connectivity index (χ0) is 33.1. The lowest BCUT2D eigenvalue weighted by Crippen LogP contribution is -2.03. The number of benzene rings is 4. The van der Waals surface area contributed by atoms with E-state index in [1.54, 1.807) is 0 Å². The Morgan fingerprint density at radius 1 is 0.447 bits per heavy atom. The van der Waals surface area contributed by atoms with Gasteiger partial charge in [-0.25, -0.2) is 0 Å². The van der Waals surface area contributed by atoms with Gasteiger partial charge in [0, 0.05) is 11.8 Å². The van der Waals surface area contributed by atoms with Gasteiger partial charge in [-0.15, -0.1) is 0 Å². The van der Waals surface area contributed by atoms with E-state index < -0.39 is 0 Å². The summed E-state index contributed by atoms with van der Waals surface area (Å²) in [6, 6.07) is 39.6. The number of hydrogen-bond donors (Lipinski definition) is 0. The SMILES string of the molecule is CCCCCCCCCc1cc(Cc2[c]c(C(C)c3ccccc3)cc(CCCCCCCCC)c2)[c]c(C(C)c2ccccc2)c1. The number of hydrogen-bond acceptors (Lipinski definition) is 0. The fourth-order valence-electron chi connectivity index (χ4n) is 7.01. The molecular formula is C47H62. The maximum Gasteiger partial charge on any atom is 0.00673 e. The second-order valence-corrected chi connectivity index (χ2v) is 14.1. The first-order valence-corrected chi connectivity index (χ1v) is 19.3. The van der Waals surface area contributed by atoms with E-state index in [1.165, 1.54) is 134 Å². The Bertz CT molecular complexity index is 1290. The fraction of sp³-hybridized carbons (Fsp3) is 0.489. The van der Waals surface area contributed by atoms with Crippen molar-refractivity contribution in [1.29, 1.82) is 0 Å². The van der Waals surface area contributed by atoms with E-state index in [2.05, 4.69) is 125 Å². The molecule has 4 aromatic rings. The molecule has 0 bridgehead atoms. The highest BCUT2D eigenvalue weighted by Crippen LogP contribution is 2.30. The predicted molar refractivity (Wildman–Crippen MR) is 205 cm³/mol. The minimum atomic E-state index is 0.324. The van der Waals surface area contributed by atoms with Gasteiger partial charge < -0.3 is 0 Å². The quantitative estimate of drug-likeness (QED) is 0.0761. The molecule has 47 heavy (non-hydrogen) atoms. The van der Waals surface area contributed by atoms with E-state index in [0.717, 1.165) is 19.3 Å². The van der Waals surface area contributed by atoms with Gasteiger partial charge in [0.2, 0.25) is 0 Å². The summed E-state index contributed by atoms with van der Waals surface area (Å²) >= 11 is 0. The molecule has 0 aromatic heterocycles. The summed E-state index contributed by atoms with van der Waals surface area (Å²) in [5, 5.41) is 0. The normalized spacial score (nSPS) is 12.7. The third kappa shape index (κ3) is 12.8. The summed E-state index contributed by atoms with van der Waals surface area (Å²) in [5.74, 6) is 0.649. The first kappa shape index (κ1) is 36.7. The van der Waals surface area contributed by atoms with Crippen molar-refractivity contribution < 1.29 is 0 Å². The average Bonchev–Trinajstić information content (AvgIpc) is 3.10. The van der Waals surface area contributed by atoms with Gasteiger partial charge in [-0.05, 0) is 88.7 Å². The van der Waals surface area contributed by atoms with Crippen LogP contribution in [0.3, 0.4) is 0 Å². The third-order valence-electron chi connectivity index (χ3n) is 10.1. The first-order chi connectivity index (χ1) is 23.1. The molecule has 0 N–H and O–H groups in total. The molecule has 2 radical (unpaired) electrons. The molecule has 0 amide bonds. The van der Waals surface area contributed by atoms with Crippen LogP contribution in [0.1, 0.15) is 174 Å². The standard InChI is InChI=1S/C47H62/c1-5-7-9-11-13-15-19-25-40-31-42(36-46(34-40)38(3)44-27-21-17-22-28-44)33-43-32-41(26-20-16-14-12-10-8-6-2)35-47(37-43)39(4)45-29-23-18-24-30-45/h17-18,21-24,27-32,34-35,38-39H,5-16,19-20,25-26,33H2,1-4H3. The Balaban J connectivity index is 1.56. The Morgan fingerprint density at radius 3 is 1.19 bits per heavy atom. The predicted octanol–water partition coefficient (Wildman–Crippen LogP) is 13.8. The zero-order valence-corrected chi connectivity index (χ0v) is 30.3. The van der Waals surface area contributed by atoms with Crippen LogP contribution in [0.5, 0.6) is 0 Å². The molecule has 4 aromatic carbocycles. The van der Waals surface area contributed by atoms with Crippen molar-refractivity contribution in [2.75, 3.05) is 0 Å². The second-order valence-electron chi connectivity index (χ2n) is 14.1. The molecule has 0 heterocycles. The van der Waals surface area contributed by atoms with Gasteiger partial charge in [-0.3, -0.25) is 0 Å². The highest BCUT2D eigenvalue weighted by atomic mass is 14.2. The Kier molecular flexibility index (Phi) is 16.4. The van der Waals surface area contributed by atoms with Gasteiger partial charge >= 0.3 is 0 Å². The van der Waals surface area contributed by atoms with Crippen LogP contribution in [-0.2, 0) is 19.3 Å². The molecule has 0 saturated heterocycles. The van der Waals surface area contributed by atoms with E-state index in [0.29, 0.717) is 11.8 Å². The van der Waals surface area contributed by atoms with Crippen LogP contribution < -0.4 is 0 Å². The number of rotatable bonds is 22. The molecule has 0 aliphatic rings. The van der Waals surface area contributed by atoms with E-state index in [-0.39, 0.29) is 0 Å². The summed E-state index contributed by atoms with van der Waals surface area (Å²) in [5.41, 5.74) is 10.9. The molecule has 4 rings (SSSR count). The molecule has 2 atom stereocenters. The minimum Gasteiger partial charge on any atom is -0.0654 e. The van der Waals surface area contributed by atoms with Crippen LogP contribution >= 0.6 is 0 Å². The highest BCUT2D eigenvalue weighted by Gasteiger charge is 2.15. The summed E-state index contributed by atoms with van der Waals surface area (Å²) < 4.78 is 0. The number of aryl methyl sites for hydroxylation is 2.